The average molecular weight is 219 g/mol. The Bertz CT molecular complexity index is 302. The molecule has 88 valence electrons. The van der Waals surface area contributed by atoms with Crippen molar-refractivity contribution >= 4 is 0 Å². The number of nitrogens with one attached hydrogen (secondary N) is 1. The molecule has 0 amide bonds. The third-order valence-corrected chi connectivity index (χ3v) is 3.64. The first kappa shape index (κ1) is 11.5. The zero-order valence-corrected chi connectivity index (χ0v) is 10.1. The van der Waals surface area contributed by atoms with E-state index in [1.54, 1.807) is 0 Å². The van der Waals surface area contributed by atoms with E-state index in [0.29, 0.717) is 12.8 Å². The summed E-state index contributed by atoms with van der Waals surface area (Å²) in [5, 5.41) is 3.47. The smallest absolute Gasteiger partial charge is 0.139 e. The SMILES string of the molecule is CC1CC(NCOc2ccccc2)CC1C. The number of rotatable bonds is 4. The fourth-order valence-corrected chi connectivity index (χ4v) is 2.38. The van der Waals surface area contributed by atoms with E-state index in [9.17, 15) is 0 Å². The van der Waals surface area contributed by atoms with Crippen molar-refractivity contribution in [3.63, 3.8) is 0 Å². The van der Waals surface area contributed by atoms with E-state index < -0.39 is 0 Å². The lowest BCUT2D eigenvalue weighted by atomic mass is 10.0. The Kier molecular flexibility index (Phi) is 3.83. The van der Waals surface area contributed by atoms with Crippen LogP contribution in [0.4, 0.5) is 0 Å². The molecule has 1 saturated carbocycles. The van der Waals surface area contributed by atoms with Crippen LogP contribution < -0.4 is 10.1 Å². The number of hydrogen-bond acceptors (Lipinski definition) is 2. The summed E-state index contributed by atoms with van der Waals surface area (Å²) in [5.41, 5.74) is 0. The first-order chi connectivity index (χ1) is 7.75. The fourth-order valence-electron chi connectivity index (χ4n) is 2.38. The summed E-state index contributed by atoms with van der Waals surface area (Å²) < 4.78 is 5.63. The molecule has 16 heavy (non-hydrogen) atoms. The van der Waals surface area contributed by atoms with Gasteiger partial charge in [-0.1, -0.05) is 32.0 Å². The largest absolute Gasteiger partial charge is 0.478 e. The number of ether oxygens (including phenoxy) is 1. The molecule has 1 aliphatic carbocycles. The predicted octanol–water partition coefficient (Wildman–Crippen LogP) is 3.05. The zero-order valence-electron chi connectivity index (χ0n) is 10.1. The molecule has 2 nitrogen and oxygen atoms in total. The van der Waals surface area contributed by atoms with Gasteiger partial charge in [0.25, 0.3) is 0 Å². The predicted molar refractivity (Wildman–Crippen MR) is 66.4 cm³/mol. The van der Waals surface area contributed by atoms with Gasteiger partial charge in [-0.05, 0) is 36.8 Å². The number of hydrogen-bond donors (Lipinski definition) is 1. The van der Waals surface area contributed by atoms with Crippen molar-refractivity contribution < 1.29 is 4.74 Å². The quantitative estimate of drug-likeness (QED) is 0.786. The fraction of sp³-hybridized carbons (Fsp3) is 0.571. The molecule has 0 aromatic heterocycles. The van der Waals surface area contributed by atoms with Crippen molar-refractivity contribution in [2.75, 3.05) is 6.73 Å². The average Bonchev–Trinajstić information content (AvgIpc) is 2.60. The van der Waals surface area contributed by atoms with Gasteiger partial charge in [-0.2, -0.15) is 0 Å². The van der Waals surface area contributed by atoms with Crippen molar-refractivity contribution in [1.29, 1.82) is 0 Å². The molecular weight excluding hydrogens is 198 g/mol. The molecule has 0 bridgehead atoms. The summed E-state index contributed by atoms with van der Waals surface area (Å²) in [6.07, 6.45) is 2.55. The van der Waals surface area contributed by atoms with Crippen LogP contribution in [-0.2, 0) is 0 Å². The normalized spacial score (nSPS) is 29.2. The molecule has 1 fully saturated rings. The molecule has 0 radical (unpaired) electrons. The van der Waals surface area contributed by atoms with Gasteiger partial charge in [0, 0.05) is 6.04 Å². The Morgan fingerprint density at radius 1 is 1.12 bits per heavy atom. The third kappa shape index (κ3) is 2.99. The second kappa shape index (κ2) is 5.35. The molecule has 2 heteroatoms. The lowest BCUT2D eigenvalue weighted by molar-refractivity contribution is 0.261. The monoisotopic (exact) mass is 219 g/mol. The minimum Gasteiger partial charge on any atom is -0.478 e. The highest BCUT2D eigenvalue weighted by molar-refractivity contribution is 5.20. The van der Waals surface area contributed by atoms with Gasteiger partial charge in [-0.3, -0.25) is 5.32 Å². The molecule has 0 spiro atoms. The molecule has 2 atom stereocenters. The Hall–Kier alpha value is -1.02. The lowest BCUT2D eigenvalue weighted by Crippen LogP contribution is -2.30. The van der Waals surface area contributed by atoms with Crippen LogP contribution in [0.25, 0.3) is 0 Å². The molecule has 0 heterocycles. The molecule has 1 aromatic carbocycles. The first-order valence-corrected chi connectivity index (χ1v) is 6.17. The second-order valence-corrected chi connectivity index (χ2v) is 4.93. The number of para-hydroxylation sites is 1. The maximum atomic E-state index is 5.63. The topological polar surface area (TPSA) is 21.3 Å². The summed E-state index contributed by atoms with van der Waals surface area (Å²) in [6.45, 7) is 5.29. The highest BCUT2D eigenvalue weighted by Crippen LogP contribution is 2.30. The van der Waals surface area contributed by atoms with Crippen LogP contribution in [0.2, 0.25) is 0 Å². The van der Waals surface area contributed by atoms with Crippen molar-refractivity contribution in [2.24, 2.45) is 11.8 Å². The van der Waals surface area contributed by atoms with Gasteiger partial charge in [0.15, 0.2) is 0 Å². The van der Waals surface area contributed by atoms with Crippen LogP contribution >= 0.6 is 0 Å². The van der Waals surface area contributed by atoms with Crippen LogP contribution in [0.5, 0.6) is 5.75 Å². The maximum absolute atomic E-state index is 5.63. The van der Waals surface area contributed by atoms with E-state index in [4.69, 9.17) is 4.74 Å². The number of benzene rings is 1. The van der Waals surface area contributed by atoms with Crippen molar-refractivity contribution in [3.05, 3.63) is 30.3 Å². The van der Waals surface area contributed by atoms with Gasteiger partial charge in [0.05, 0.1) is 0 Å². The molecule has 2 unspecified atom stereocenters. The van der Waals surface area contributed by atoms with E-state index in [1.165, 1.54) is 12.8 Å². The van der Waals surface area contributed by atoms with Crippen LogP contribution in [0, 0.1) is 11.8 Å². The Labute approximate surface area is 98.0 Å². The third-order valence-electron chi connectivity index (χ3n) is 3.64. The van der Waals surface area contributed by atoms with Gasteiger partial charge in [-0.15, -0.1) is 0 Å². The molecule has 0 aliphatic heterocycles. The Balaban J connectivity index is 1.69. The highest BCUT2D eigenvalue weighted by atomic mass is 16.5. The minimum absolute atomic E-state index is 0.619. The van der Waals surface area contributed by atoms with Gasteiger partial charge >= 0.3 is 0 Å². The molecule has 0 saturated heterocycles. The maximum Gasteiger partial charge on any atom is 0.139 e. The Morgan fingerprint density at radius 2 is 1.75 bits per heavy atom. The van der Waals surface area contributed by atoms with Gasteiger partial charge < -0.3 is 4.74 Å². The van der Waals surface area contributed by atoms with E-state index in [1.807, 2.05) is 30.3 Å². The second-order valence-electron chi connectivity index (χ2n) is 4.93. The van der Waals surface area contributed by atoms with Crippen LogP contribution in [0.3, 0.4) is 0 Å². The van der Waals surface area contributed by atoms with Crippen molar-refractivity contribution in [2.45, 2.75) is 32.7 Å². The molecule has 2 rings (SSSR count). The van der Waals surface area contributed by atoms with Gasteiger partial charge in [-0.25, -0.2) is 0 Å². The van der Waals surface area contributed by atoms with Gasteiger partial charge in [0.2, 0.25) is 0 Å². The van der Waals surface area contributed by atoms with Crippen molar-refractivity contribution in [1.82, 2.24) is 5.32 Å². The van der Waals surface area contributed by atoms with Crippen molar-refractivity contribution in [3.8, 4) is 5.75 Å². The molecule has 1 aromatic rings. The van der Waals surface area contributed by atoms with E-state index in [2.05, 4.69) is 19.2 Å². The molecule has 1 N–H and O–H groups in total. The van der Waals surface area contributed by atoms with Crippen LogP contribution in [0.1, 0.15) is 26.7 Å². The standard InChI is InChI=1S/C14H21NO/c1-11-8-13(9-12(11)2)15-10-16-14-6-4-3-5-7-14/h3-7,11-13,15H,8-10H2,1-2H3. The van der Waals surface area contributed by atoms with Crippen LogP contribution in [0.15, 0.2) is 30.3 Å². The first-order valence-electron chi connectivity index (χ1n) is 6.17. The summed E-state index contributed by atoms with van der Waals surface area (Å²) >= 11 is 0. The zero-order chi connectivity index (χ0) is 11.4. The molecular formula is C14H21NO. The minimum atomic E-state index is 0.619. The van der Waals surface area contributed by atoms with E-state index >= 15 is 0 Å². The van der Waals surface area contributed by atoms with Gasteiger partial charge in [0.1, 0.15) is 12.5 Å². The highest BCUT2D eigenvalue weighted by Gasteiger charge is 2.27. The molecule has 1 aliphatic rings. The van der Waals surface area contributed by atoms with Crippen LogP contribution in [-0.4, -0.2) is 12.8 Å². The summed E-state index contributed by atoms with van der Waals surface area (Å²) in [6, 6.07) is 10.6. The van der Waals surface area contributed by atoms with E-state index in [0.717, 1.165) is 17.6 Å². The van der Waals surface area contributed by atoms with E-state index in [-0.39, 0.29) is 0 Å². The summed E-state index contributed by atoms with van der Waals surface area (Å²) in [7, 11) is 0. The lowest BCUT2D eigenvalue weighted by Gasteiger charge is -2.13. The summed E-state index contributed by atoms with van der Waals surface area (Å²) in [5.74, 6) is 2.62. The summed E-state index contributed by atoms with van der Waals surface area (Å²) in [4.78, 5) is 0. The Morgan fingerprint density at radius 3 is 2.38 bits per heavy atom.